The molecule has 3 rings (SSSR count). The fourth-order valence-corrected chi connectivity index (χ4v) is 3.97. The Morgan fingerprint density at radius 2 is 1.76 bits per heavy atom. The molecule has 0 aliphatic carbocycles. The summed E-state index contributed by atoms with van der Waals surface area (Å²) in [6.45, 7) is 8.67. The third kappa shape index (κ3) is 7.21. The van der Waals surface area contributed by atoms with Crippen LogP contribution in [-0.4, -0.2) is 23.0 Å². The summed E-state index contributed by atoms with van der Waals surface area (Å²) in [6.07, 6.45) is 7.20. The zero-order chi connectivity index (χ0) is 24.7. The van der Waals surface area contributed by atoms with E-state index in [0.717, 1.165) is 12.0 Å². The predicted molar refractivity (Wildman–Crippen MR) is 134 cm³/mol. The van der Waals surface area contributed by atoms with E-state index in [-0.39, 0.29) is 28.6 Å². The van der Waals surface area contributed by atoms with E-state index in [1.54, 1.807) is 12.1 Å². The van der Waals surface area contributed by atoms with E-state index in [0.29, 0.717) is 50.0 Å². The molecule has 182 valence electrons. The second kappa shape index (κ2) is 11.4. The van der Waals surface area contributed by atoms with Crippen molar-refractivity contribution in [1.29, 1.82) is 0 Å². The number of esters is 1. The molecule has 1 atom stereocenters. The number of fused-ring (bicyclic) bond motifs is 1. The molecule has 0 fully saturated rings. The first-order valence-electron chi connectivity index (χ1n) is 12.1. The van der Waals surface area contributed by atoms with Crippen molar-refractivity contribution >= 4 is 17.8 Å². The van der Waals surface area contributed by atoms with Crippen LogP contribution in [0.2, 0.25) is 0 Å². The normalized spacial score (nSPS) is 19.0. The van der Waals surface area contributed by atoms with Gasteiger partial charge >= 0.3 is 5.97 Å². The van der Waals surface area contributed by atoms with Crippen LogP contribution in [0.25, 0.3) is 6.08 Å². The van der Waals surface area contributed by atoms with Gasteiger partial charge in [0.05, 0.1) is 6.10 Å². The molecule has 0 saturated heterocycles. The van der Waals surface area contributed by atoms with Crippen LogP contribution in [0.4, 0.5) is 0 Å². The summed E-state index contributed by atoms with van der Waals surface area (Å²) >= 11 is 0. The molecule has 0 amide bonds. The molecule has 0 spiro atoms. The Morgan fingerprint density at radius 3 is 2.47 bits per heavy atom. The highest BCUT2D eigenvalue weighted by molar-refractivity contribution is 5.97. The van der Waals surface area contributed by atoms with Crippen molar-refractivity contribution in [2.24, 2.45) is 0 Å². The molecule has 0 unspecified atom stereocenters. The molecule has 0 saturated carbocycles. The minimum atomic E-state index is -0.572. The first-order chi connectivity index (χ1) is 16.1. The molecule has 1 aliphatic heterocycles. The van der Waals surface area contributed by atoms with Crippen molar-refractivity contribution in [1.82, 2.24) is 0 Å². The Balaban J connectivity index is 1.81. The quantitative estimate of drug-likeness (QED) is 0.509. The first kappa shape index (κ1) is 25.5. The van der Waals surface area contributed by atoms with E-state index in [9.17, 15) is 14.7 Å². The van der Waals surface area contributed by atoms with Gasteiger partial charge in [-0.25, -0.2) is 4.79 Å². The zero-order valence-corrected chi connectivity index (χ0v) is 20.7. The zero-order valence-electron chi connectivity index (χ0n) is 20.7. The molecule has 2 aromatic rings. The third-order valence-electron chi connectivity index (χ3n) is 6.05. The van der Waals surface area contributed by atoms with Crippen molar-refractivity contribution in [3.8, 4) is 11.5 Å². The molecular weight excluding hydrogens is 428 g/mol. The maximum atomic E-state index is 12.9. The van der Waals surface area contributed by atoms with Gasteiger partial charge in [0.2, 0.25) is 0 Å². The molecule has 5 nitrogen and oxygen atoms in total. The van der Waals surface area contributed by atoms with E-state index in [4.69, 9.17) is 9.47 Å². The van der Waals surface area contributed by atoms with E-state index >= 15 is 0 Å². The number of carbonyl (C=O) groups excluding carboxylic acids is 2. The van der Waals surface area contributed by atoms with Crippen LogP contribution in [0.5, 0.6) is 11.5 Å². The number of ether oxygens (including phenoxy) is 2. The lowest BCUT2D eigenvalue weighted by Crippen LogP contribution is -2.17. The number of allylic oxidation sites excluding steroid dienone is 1. The molecule has 2 aromatic carbocycles. The highest BCUT2D eigenvalue weighted by Crippen LogP contribution is 2.31. The first-order valence-corrected chi connectivity index (χ1v) is 12.1. The van der Waals surface area contributed by atoms with Gasteiger partial charge in [0.15, 0.2) is 0 Å². The Labute approximate surface area is 202 Å². The van der Waals surface area contributed by atoms with Crippen molar-refractivity contribution in [2.75, 3.05) is 0 Å². The fourth-order valence-electron chi connectivity index (χ4n) is 3.97. The number of hydrogen-bond donors (Lipinski definition) is 1. The van der Waals surface area contributed by atoms with Crippen molar-refractivity contribution in [3.05, 3.63) is 64.7 Å². The number of carbonyl (C=O) groups is 2. The molecular formula is C29H36O5. The van der Waals surface area contributed by atoms with Crippen molar-refractivity contribution in [2.45, 2.75) is 84.3 Å². The standard InChI is InChI=1S/C29H36O5/c1-20-9-8-12-24(30)11-7-5-6-10-22-17-25(18-26(31)27(22)28(32)34-20)33-19-21-13-15-23(16-14-21)29(2,3)4/h6,10,13-18,20,31H,5,7-9,11-12,19H2,1-4H3/b10-6+/t20-/m0/s1. The molecule has 34 heavy (non-hydrogen) atoms. The van der Waals surface area contributed by atoms with Gasteiger partial charge in [-0.1, -0.05) is 57.2 Å². The van der Waals surface area contributed by atoms with Crippen LogP contribution in [0.3, 0.4) is 0 Å². The van der Waals surface area contributed by atoms with Crippen molar-refractivity contribution < 1.29 is 24.2 Å². The van der Waals surface area contributed by atoms with Gasteiger partial charge < -0.3 is 14.6 Å². The topological polar surface area (TPSA) is 72.8 Å². The minimum absolute atomic E-state index is 0.0836. The van der Waals surface area contributed by atoms with Crippen LogP contribution in [-0.2, 0) is 21.6 Å². The number of Topliss-reactive ketones (excluding diaryl/α,β-unsaturated/α-hetero) is 1. The summed E-state index contributed by atoms with van der Waals surface area (Å²) in [5.74, 6) is -0.0248. The van der Waals surface area contributed by atoms with Crippen LogP contribution in [0, 0.1) is 0 Å². The molecule has 1 aliphatic rings. The van der Waals surface area contributed by atoms with Gasteiger partial charge in [0, 0.05) is 18.9 Å². The number of phenols is 1. The average Bonchev–Trinajstić information content (AvgIpc) is 2.76. The number of aromatic hydroxyl groups is 1. The lowest BCUT2D eigenvalue weighted by molar-refractivity contribution is -0.119. The van der Waals surface area contributed by atoms with Crippen LogP contribution in [0.1, 0.15) is 93.3 Å². The summed E-state index contributed by atoms with van der Waals surface area (Å²) in [7, 11) is 0. The molecule has 0 radical (unpaired) electrons. The van der Waals surface area contributed by atoms with Gasteiger partial charge in [0.1, 0.15) is 29.5 Å². The highest BCUT2D eigenvalue weighted by Gasteiger charge is 2.21. The molecule has 1 heterocycles. The van der Waals surface area contributed by atoms with Gasteiger partial charge in [-0.05, 0) is 60.8 Å². The van der Waals surface area contributed by atoms with Crippen LogP contribution >= 0.6 is 0 Å². The van der Waals surface area contributed by atoms with E-state index in [1.165, 1.54) is 11.6 Å². The molecule has 1 N–H and O–H groups in total. The summed E-state index contributed by atoms with van der Waals surface area (Å²) in [6, 6.07) is 11.5. The Hall–Kier alpha value is -3.08. The van der Waals surface area contributed by atoms with E-state index < -0.39 is 5.97 Å². The number of rotatable bonds is 3. The predicted octanol–water partition coefficient (Wildman–Crippen LogP) is 6.75. The largest absolute Gasteiger partial charge is 0.507 e. The van der Waals surface area contributed by atoms with Crippen LogP contribution in [0.15, 0.2) is 42.5 Å². The summed E-state index contributed by atoms with van der Waals surface area (Å²) < 4.78 is 11.5. The second-order valence-corrected chi connectivity index (χ2v) is 10.1. The molecule has 5 heteroatoms. The maximum absolute atomic E-state index is 12.9. The Morgan fingerprint density at radius 1 is 1.06 bits per heavy atom. The SMILES string of the molecule is C[C@H]1CCCC(=O)CCC/C=C/c2cc(OCc3ccc(C(C)(C)C)cc3)cc(O)c2C(=O)O1. The number of cyclic esters (lactones) is 1. The second-order valence-electron chi connectivity index (χ2n) is 10.1. The van der Waals surface area contributed by atoms with E-state index in [1.807, 2.05) is 25.1 Å². The third-order valence-corrected chi connectivity index (χ3v) is 6.05. The number of phenolic OH excluding ortho intramolecular Hbond substituents is 1. The van der Waals surface area contributed by atoms with Crippen molar-refractivity contribution in [3.63, 3.8) is 0 Å². The van der Waals surface area contributed by atoms with Gasteiger partial charge in [-0.3, -0.25) is 4.79 Å². The Bertz CT molecular complexity index is 1030. The summed E-state index contributed by atoms with van der Waals surface area (Å²) in [4.78, 5) is 24.8. The van der Waals surface area contributed by atoms with Gasteiger partial charge in [-0.15, -0.1) is 0 Å². The highest BCUT2D eigenvalue weighted by atomic mass is 16.5. The molecule has 0 aromatic heterocycles. The Kier molecular flexibility index (Phi) is 8.54. The van der Waals surface area contributed by atoms with Crippen LogP contribution < -0.4 is 4.74 Å². The van der Waals surface area contributed by atoms with E-state index in [2.05, 4.69) is 32.9 Å². The lowest BCUT2D eigenvalue weighted by Gasteiger charge is -2.19. The summed E-state index contributed by atoms with van der Waals surface area (Å²) in [5, 5.41) is 10.7. The lowest BCUT2D eigenvalue weighted by atomic mass is 9.87. The number of benzene rings is 2. The van der Waals surface area contributed by atoms with Gasteiger partial charge in [-0.2, -0.15) is 0 Å². The monoisotopic (exact) mass is 464 g/mol. The maximum Gasteiger partial charge on any atom is 0.342 e. The minimum Gasteiger partial charge on any atom is -0.507 e. The summed E-state index contributed by atoms with van der Waals surface area (Å²) in [5.41, 5.74) is 3.03. The average molecular weight is 465 g/mol. The number of ketones is 1. The number of hydrogen-bond acceptors (Lipinski definition) is 5. The molecule has 0 bridgehead atoms. The smallest absolute Gasteiger partial charge is 0.342 e. The fraction of sp³-hybridized carbons (Fsp3) is 0.448. The van der Waals surface area contributed by atoms with Gasteiger partial charge in [0.25, 0.3) is 0 Å².